The summed E-state index contributed by atoms with van der Waals surface area (Å²) < 4.78 is 0. The quantitative estimate of drug-likeness (QED) is 0.748. The Morgan fingerprint density at radius 2 is 2.00 bits per heavy atom. The molecule has 86 valence electrons. The standard InChI is InChI=1S/C12H22N2O/c1-9(10(2)13)11(15)14-7-6-12(8-14)4-3-5-12/h9-10H,3-8,13H2,1-2H3. The zero-order chi connectivity index (χ0) is 11.1. The molecule has 2 N–H and O–H groups in total. The summed E-state index contributed by atoms with van der Waals surface area (Å²) in [6, 6.07) is -0.0320. The van der Waals surface area contributed by atoms with E-state index in [1.165, 1.54) is 25.7 Å². The van der Waals surface area contributed by atoms with Crippen LogP contribution in [0.5, 0.6) is 0 Å². The number of carbonyl (C=O) groups excluding carboxylic acids is 1. The second-order valence-electron chi connectivity index (χ2n) is 5.51. The number of hydrogen-bond donors (Lipinski definition) is 1. The lowest BCUT2D eigenvalue weighted by atomic mass is 9.68. The molecular weight excluding hydrogens is 188 g/mol. The number of hydrogen-bond acceptors (Lipinski definition) is 2. The molecule has 2 rings (SSSR count). The zero-order valence-corrected chi connectivity index (χ0v) is 9.83. The Hall–Kier alpha value is -0.570. The molecule has 1 spiro atoms. The first-order chi connectivity index (χ1) is 7.04. The smallest absolute Gasteiger partial charge is 0.226 e. The predicted octanol–water partition coefficient (Wildman–Crippen LogP) is 1.37. The molecule has 0 radical (unpaired) electrons. The fourth-order valence-electron chi connectivity index (χ4n) is 2.72. The molecule has 2 aliphatic rings. The van der Waals surface area contributed by atoms with Gasteiger partial charge in [-0.05, 0) is 31.6 Å². The third-order valence-electron chi connectivity index (χ3n) is 4.34. The van der Waals surface area contributed by atoms with Crippen LogP contribution in [-0.4, -0.2) is 29.9 Å². The van der Waals surface area contributed by atoms with Crippen molar-refractivity contribution < 1.29 is 4.79 Å². The Morgan fingerprint density at radius 3 is 2.40 bits per heavy atom. The molecule has 0 aromatic carbocycles. The third kappa shape index (κ3) is 1.89. The molecule has 1 amide bonds. The van der Waals surface area contributed by atoms with Gasteiger partial charge in [-0.25, -0.2) is 0 Å². The van der Waals surface area contributed by atoms with E-state index in [2.05, 4.69) is 0 Å². The van der Waals surface area contributed by atoms with Gasteiger partial charge in [0.05, 0.1) is 5.92 Å². The summed E-state index contributed by atoms with van der Waals surface area (Å²) in [7, 11) is 0. The largest absolute Gasteiger partial charge is 0.342 e. The Morgan fingerprint density at radius 1 is 1.33 bits per heavy atom. The van der Waals surface area contributed by atoms with E-state index in [0.717, 1.165) is 13.1 Å². The van der Waals surface area contributed by atoms with Gasteiger partial charge in [0.1, 0.15) is 0 Å². The van der Waals surface area contributed by atoms with Crippen LogP contribution in [0.15, 0.2) is 0 Å². The van der Waals surface area contributed by atoms with Gasteiger partial charge in [0.15, 0.2) is 0 Å². The Kier molecular flexibility index (Phi) is 2.75. The average Bonchev–Trinajstić information content (AvgIpc) is 2.59. The third-order valence-corrected chi connectivity index (χ3v) is 4.34. The number of nitrogens with two attached hydrogens (primary N) is 1. The van der Waals surface area contributed by atoms with Gasteiger partial charge in [0.25, 0.3) is 0 Å². The van der Waals surface area contributed by atoms with Crippen molar-refractivity contribution in [3.63, 3.8) is 0 Å². The Bertz CT molecular complexity index is 258. The lowest BCUT2D eigenvalue weighted by molar-refractivity contribution is -0.135. The predicted molar refractivity (Wildman–Crippen MR) is 60.3 cm³/mol. The minimum Gasteiger partial charge on any atom is -0.342 e. The highest BCUT2D eigenvalue weighted by Gasteiger charge is 2.44. The van der Waals surface area contributed by atoms with Gasteiger partial charge >= 0.3 is 0 Å². The maximum Gasteiger partial charge on any atom is 0.226 e. The highest BCUT2D eigenvalue weighted by atomic mass is 16.2. The van der Waals surface area contributed by atoms with Crippen LogP contribution in [0, 0.1) is 11.3 Å². The van der Waals surface area contributed by atoms with E-state index in [0.29, 0.717) is 5.41 Å². The SMILES string of the molecule is CC(N)C(C)C(=O)N1CCC2(CCC2)C1. The monoisotopic (exact) mass is 210 g/mol. The van der Waals surface area contributed by atoms with Crippen molar-refractivity contribution in [1.29, 1.82) is 0 Å². The maximum absolute atomic E-state index is 12.1. The van der Waals surface area contributed by atoms with Crippen molar-refractivity contribution in [2.45, 2.75) is 45.6 Å². The first kappa shape index (κ1) is 10.9. The van der Waals surface area contributed by atoms with E-state index >= 15 is 0 Å². The lowest BCUT2D eigenvalue weighted by Crippen LogP contribution is -2.42. The fraction of sp³-hybridized carbons (Fsp3) is 0.917. The van der Waals surface area contributed by atoms with Gasteiger partial charge in [-0.3, -0.25) is 4.79 Å². The molecular formula is C12H22N2O. The highest BCUT2D eigenvalue weighted by Crippen LogP contribution is 2.48. The van der Waals surface area contributed by atoms with Gasteiger partial charge in [0.2, 0.25) is 5.91 Å². The number of likely N-dealkylation sites (tertiary alicyclic amines) is 1. The molecule has 1 saturated carbocycles. The number of carbonyl (C=O) groups is 1. The summed E-state index contributed by atoms with van der Waals surface area (Å²) in [4.78, 5) is 14.1. The van der Waals surface area contributed by atoms with Crippen molar-refractivity contribution >= 4 is 5.91 Å². The second-order valence-corrected chi connectivity index (χ2v) is 5.51. The number of rotatable bonds is 2. The molecule has 2 fully saturated rings. The molecule has 0 bridgehead atoms. The summed E-state index contributed by atoms with van der Waals surface area (Å²) in [5, 5.41) is 0. The molecule has 0 aromatic heterocycles. The summed E-state index contributed by atoms with van der Waals surface area (Å²) in [6.45, 7) is 5.80. The van der Waals surface area contributed by atoms with Crippen molar-refractivity contribution in [3.05, 3.63) is 0 Å². The van der Waals surface area contributed by atoms with E-state index < -0.39 is 0 Å². The van der Waals surface area contributed by atoms with Crippen LogP contribution >= 0.6 is 0 Å². The molecule has 2 unspecified atom stereocenters. The summed E-state index contributed by atoms with van der Waals surface area (Å²) in [5.41, 5.74) is 6.28. The molecule has 1 aliphatic carbocycles. The van der Waals surface area contributed by atoms with Crippen LogP contribution in [0.3, 0.4) is 0 Å². The summed E-state index contributed by atoms with van der Waals surface area (Å²) in [6.07, 6.45) is 5.21. The van der Waals surface area contributed by atoms with Crippen molar-refractivity contribution in [2.75, 3.05) is 13.1 Å². The number of amides is 1. The van der Waals surface area contributed by atoms with E-state index in [9.17, 15) is 4.79 Å². The molecule has 15 heavy (non-hydrogen) atoms. The van der Waals surface area contributed by atoms with Crippen molar-refractivity contribution in [2.24, 2.45) is 17.1 Å². The fourth-order valence-corrected chi connectivity index (χ4v) is 2.72. The van der Waals surface area contributed by atoms with Gasteiger partial charge in [0, 0.05) is 19.1 Å². The van der Waals surface area contributed by atoms with Crippen LogP contribution in [0.1, 0.15) is 39.5 Å². The maximum atomic E-state index is 12.1. The van der Waals surface area contributed by atoms with Gasteiger partial charge in [-0.2, -0.15) is 0 Å². The summed E-state index contributed by atoms with van der Waals surface area (Å²) in [5.74, 6) is 0.231. The van der Waals surface area contributed by atoms with Gasteiger partial charge in [-0.15, -0.1) is 0 Å². The van der Waals surface area contributed by atoms with Crippen molar-refractivity contribution in [1.82, 2.24) is 4.90 Å². The van der Waals surface area contributed by atoms with Crippen LogP contribution in [-0.2, 0) is 4.79 Å². The molecule has 1 saturated heterocycles. The second kappa shape index (κ2) is 3.78. The lowest BCUT2D eigenvalue weighted by Gasteiger charge is -2.38. The normalized spacial score (nSPS) is 27.5. The Labute approximate surface area is 92.0 Å². The molecule has 1 heterocycles. The first-order valence-electron chi connectivity index (χ1n) is 6.08. The van der Waals surface area contributed by atoms with Gasteiger partial charge < -0.3 is 10.6 Å². The zero-order valence-electron chi connectivity index (χ0n) is 9.83. The van der Waals surface area contributed by atoms with E-state index in [-0.39, 0.29) is 17.9 Å². The molecule has 3 heteroatoms. The van der Waals surface area contributed by atoms with E-state index in [4.69, 9.17) is 5.73 Å². The molecule has 1 aliphatic heterocycles. The van der Waals surface area contributed by atoms with Crippen LogP contribution in [0.25, 0.3) is 0 Å². The Balaban J connectivity index is 1.93. The van der Waals surface area contributed by atoms with Gasteiger partial charge in [-0.1, -0.05) is 13.3 Å². The van der Waals surface area contributed by atoms with E-state index in [1.54, 1.807) is 0 Å². The van der Waals surface area contributed by atoms with Crippen LogP contribution in [0.4, 0.5) is 0 Å². The van der Waals surface area contributed by atoms with Crippen LogP contribution < -0.4 is 5.73 Å². The topological polar surface area (TPSA) is 46.3 Å². The minimum absolute atomic E-state index is 0.0276. The average molecular weight is 210 g/mol. The molecule has 2 atom stereocenters. The summed E-state index contributed by atoms with van der Waals surface area (Å²) >= 11 is 0. The first-order valence-corrected chi connectivity index (χ1v) is 6.08. The molecule has 0 aromatic rings. The van der Waals surface area contributed by atoms with Crippen molar-refractivity contribution in [3.8, 4) is 0 Å². The minimum atomic E-state index is -0.0320. The molecule has 3 nitrogen and oxygen atoms in total. The van der Waals surface area contributed by atoms with Crippen LogP contribution in [0.2, 0.25) is 0 Å². The number of nitrogens with zero attached hydrogens (tertiary/aromatic N) is 1. The highest BCUT2D eigenvalue weighted by molar-refractivity contribution is 5.79. The van der Waals surface area contributed by atoms with E-state index in [1.807, 2.05) is 18.7 Å².